The van der Waals surface area contributed by atoms with Crippen LogP contribution >= 0.6 is 0 Å². The van der Waals surface area contributed by atoms with Crippen molar-refractivity contribution < 1.29 is 18.3 Å². The van der Waals surface area contributed by atoms with E-state index in [4.69, 9.17) is 15.6 Å². The number of aliphatic hydroxyl groups excluding tert-OH is 1. The summed E-state index contributed by atoms with van der Waals surface area (Å²) < 4.78 is 30.2. The summed E-state index contributed by atoms with van der Waals surface area (Å²) in [5.41, 5.74) is 5.93. The molecule has 2 rings (SSSR count). The van der Waals surface area contributed by atoms with Crippen LogP contribution in [-0.4, -0.2) is 44.1 Å². The highest BCUT2D eigenvalue weighted by Gasteiger charge is 2.35. The molecule has 0 atom stereocenters. The number of rotatable bonds is 3. The molecule has 0 radical (unpaired) electrons. The molecule has 1 aliphatic heterocycles. The maximum absolute atomic E-state index is 12.0. The molecule has 0 spiro atoms. The SMILES string of the molecule is COc1ccc(S(=O)(=O)N2CC(O)C2)cc1N. The van der Waals surface area contributed by atoms with E-state index in [2.05, 4.69) is 0 Å². The van der Waals surface area contributed by atoms with Crippen molar-refractivity contribution in [2.24, 2.45) is 0 Å². The van der Waals surface area contributed by atoms with E-state index in [1.165, 1.54) is 29.6 Å². The zero-order valence-electron chi connectivity index (χ0n) is 9.33. The number of sulfonamides is 1. The third-order valence-corrected chi connectivity index (χ3v) is 4.50. The summed E-state index contributed by atoms with van der Waals surface area (Å²) in [6.45, 7) is 0.266. The molecule has 17 heavy (non-hydrogen) atoms. The van der Waals surface area contributed by atoms with Gasteiger partial charge in [-0.15, -0.1) is 0 Å². The second kappa shape index (κ2) is 4.17. The third kappa shape index (κ3) is 2.08. The topological polar surface area (TPSA) is 92.9 Å². The summed E-state index contributed by atoms with van der Waals surface area (Å²) in [7, 11) is -2.08. The Bertz CT molecular complexity index is 523. The van der Waals surface area contributed by atoms with Crippen molar-refractivity contribution in [3.05, 3.63) is 18.2 Å². The second-order valence-electron chi connectivity index (χ2n) is 3.88. The van der Waals surface area contributed by atoms with Crippen LogP contribution < -0.4 is 10.5 Å². The van der Waals surface area contributed by atoms with E-state index < -0.39 is 16.1 Å². The van der Waals surface area contributed by atoms with Gasteiger partial charge in [-0.25, -0.2) is 8.42 Å². The summed E-state index contributed by atoms with van der Waals surface area (Å²) in [6, 6.07) is 4.31. The summed E-state index contributed by atoms with van der Waals surface area (Å²) in [4.78, 5) is 0.114. The van der Waals surface area contributed by atoms with Crippen LogP contribution in [0.15, 0.2) is 23.1 Å². The van der Waals surface area contributed by atoms with Crippen LogP contribution in [0.1, 0.15) is 0 Å². The highest BCUT2D eigenvalue weighted by molar-refractivity contribution is 7.89. The molecule has 1 fully saturated rings. The summed E-state index contributed by atoms with van der Waals surface area (Å²) in [5.74, 6) is 0.438. The van der Waals surface area contributed by atoms with Crippen LogP contribution in [0.4, 0.5) is 5.69 Å². The van der Waals surface area contributed by atoms with Gasteiger partial charge in [-0.2, -0.15) is 4.31 Å². The van der Waals surface area contributed by atoms with Crippen molar-refractivity contribution >= 4 is 15.7 Å². The predicted octanol–water partition coefficient (Wildman–Crippen LogP) is -0.357. The Morgan fingerprint density at radius 2 is 2.12 bits per heavy atom. The lowest BCUT2D eigenvalue weighted by atomic mass is 10.2. The predicted molar refractivity (Wildman–Crippen MR) is 62.2 cm³/mol. The zero-order chi connectivity index (χ0) is 12.6. The molecule has 7 heteroatoms. The van der Waals surface area contributed by atoms with Crippen molar-refractivity contribution in [3.8, 4) is 5.75 Å². The Kier molecular flexibility index (Phi) is 2.98. The first-order chi connectivity index (χ1) is 7.95. The Morgan fingerprint density at radius 1 is 1.47 bits per heavy atom. The van der Waals surface area contributed by atoms with Crippen molar-refractivity contribution in [3.63, 3.8) is 0 Å². The molecule has 1 aliphatic rings. The van der Waals surface area contributed by atoms with Gasteiger partial charge in [0.1, 0.15) is 5.75 Å². The van der Waals surface area contributed by atoms with Crippen LogP contribution in [0.25, 0.3) is 0 Å². The van der Waals surface area contributed by atoms with E-state index in [0.29, 0.717) is 5.75 Å². The van der Waals surface area contributed by atoms with Crippen LogP contribution in [0.2, 0.25) is 0 Å². The quantitative estimate of drug-likeness (QED) is 0.722. The average molecular weight is 258 g/mol. The summed E-state index contributed by atoms with van der Waals surface area (Å²) in [5, 5.41) is 9.11. The molecule has 0 amide bonds. The van der Waals surface area contributed by atoms with Crippen molar-refractivity contribution in [1.82, 2.24) is 4.31 Å². The average Bonchev–Trinajstić information content (AvgIpc) is 2.24. The van der Waals surface area contributed by atoms with Crippen molar-refractivity contribution in [2.45, 2.75) is 11.0 Å². The normalized spacial score (nSPS) is 17.8. The second-order valence-corrected chi connectivity index (χ2v) is 5.82. The van der Waals surface area contributed by atoms with Crippen LogP contribution in [0.5, 0.6) is 5.75 Å². The molecule has 3 N–H and O–H groups in total. The van der Waals surface area contributed by atoms with E-state index in [-0.39, 0.29) is 23.7 Å². The van der Waals surface area contributed by atoms with Gasteiger partial charge in [0.05, 0.1) is 23.8 Å². The van der Waals surface area contributed by atoms with Gasteiger partial charge in [-0.05, 0) is 18.2 Å². The minimum absolute atomic E-state index is 0.114. The van der Waals surface area contributed by atoms with Gasteiger partial charge in [0.2, 0.25) is 10.0 Å². The third-order valence-electron chi connectivity index (χ3n) is 2.67. The number of methoxy groups -OCH3 is 1. The number of aliphatic hydroxyl groups is 1. The lowest BCUT2D eigenvalue weighted by Crippen LogP contribution is -2.53. The molecule has 0 unspecified atom stereocenters. The molecule has 1 aromatic carbocycles. The van der Waals surface area contributed by atoms with E-state index in [1.807, 2.05) is 0 Å². The molecule has 0 aromatic heterocycles. The lowest BCUT2D eigenvalue weighted by Gasteiger charge is -2.34. The number of nitrogens with two attached hydrogens (primary N) is 1. The molecule has 1 heterocycles. The Hall–Kier alpha value is -1.31. The van der Waals surface area contributed by atoms with Gasteiger partial charge in [-0.3, -0.25) is 0 Å². The molecular weight excluding hydrogens is 244 g/mol. The van der Waals surface area contributed by atoms with Gasteiger partial charge < -0.3 is 15.6 Å². The summed E-state index contributed by atoms with van der Waals surface area (Å²) in [6.07, 6.45) is -0.569. The maximum Gasteiger partial charge on any atom is 0.243 e. The number of anilines is 1. The highest BCUT2D eigenvalue weighted by Crippen LogP contribution is 2.27. The number of hydrogen-bond donors (Lipinski definition) is 2. The number of ether oxygens (including phenoxy) is 1. The van der Waals surface area contributed by atoms with E-state index in [9.17, 15) is 8.42 Å². The number of hydrogen-bond acceptors (Lipinski definition) is 5. The molecule has 6 nitrogen and oxygen atoms in total. The van der Waals surface area contributed by atoms with Gasteiger partial charge in [0.15, 0.2) is 0 Å². The number of nitrogen functional groups attached to an aromatic ring is 1. The molecule has 1 aromatic rings. The van der Waals surface area contributed by atoms with Gasteiger partial charge >= 0.3 is 0 Å². The van der Waals surface area contributed by atoms with E-state index in [0.717, 1.165) is 0 Å². The molecule has 94 valence electrons. The van der Waals surface area contributed by atoms with Gasteiger partial charge in [0, 0.05) is 13.1 Å². The minimum Gasteiger partial charge on any atom is -0.495 e. The van der Waals surface area contributed by atoms with Gasteiger partial charge in [0.25, 0.3) is 0 Å². The standard InChI is InChI=1S/C10H14N2O4S/c1-16-10-3-2-8(4-9(10)11)17(14,15)12-5-7(13)6-12/h2-4,7,13H,5-6,11H2,1H3. The molecule has 0 aliphatic carbocycles. The molecular formula is C10H14N2O4S. The van der Waals surface area contributed by atoms with E-state index >= 15 is 0 Å². The number of nitrogens with zero attached hydrogens (tertiary/aromatic N) is 1. The first-order valence-electron chi connectivity index (χ1n) is 5.07. The van der Waals surface area contributed by atoms with Crippen LogP contribution in [0, 0.1) is 0 Å². The van der Waals surface area contributed by atoms with Crippen LogP contribution in [-0.2, 0) is 10.0 Å². The van der Waals surface area contributed by atoms with Crippen LogP contribution in [0.3, 0.4) is 0 Å². The van der Waals surface area contributed by atoms with E-state index in [1.54, 1.807) is 0 Å². The summed E-state index contributed by atoms with van der Waals surface area (Å²) >= 11 is 0. The van der Waals surface area contributed by atoms with Gasteiger partial charge in [-0.1, -0.05) is 0 Å². The largest absolute Gasteiger partial charge is 0.495 e. The fourth-order valence-electron chi connectivity index (χ4n) is 1.63. The van der Waals surface area contributed by atoms with Crippen molar-refractivity contribution in [1.29, 1.82) is 0 Å². The first-order valence-corrected chi connectivity index (χ1v) is 6.51. The number of β-amino-alcohol motifs (C(OH)–C–C–N with tert-alkyl or cyclic N) is 1. The number of benzene rings is 1. The fraction of sp³-hybridized carbons (Fsp3) is 0.400. The van der Waals surface area contributed by atoms with Crippen molar-refractivity contribution in [2.75, 3.05) is 25.9 Å². The lowest BCUT2D eigenvalue weighted by molar-refractivity contribution is 0.0548. The fourth-order valence-corrected chi connectivity index (χ4v) is 3.19. The Balaban J connectivity index is 2.31. The highest BCUT2D eigenvalue weighted by atomic mass is 32.2. The zero-order valence-corrected chi connectivity index (χ0v) is 10.1. The molecule has 1 saturated heterocycles. The maximum atomic E-state index is 12.0. The smallest absolute Gasteiger partial charge is 0.243 e. The minimum atomic E-state index is -3.54. The first kappa shape index (κ1) is 12.2. The molecule has 0 bridgehead atoms. The Morgan fingerprint density at radius 3 is 2.59 bits per heavy atom. The molecule has 0 saturated carbocycles. The monoisotopic (exact) mass is 258 g/mol. The Labute approximate surface area is 99.7 Å².